The number of aliphatic imine (C=N–C) groups is 1. The molecule has 0 aliphatic carbocycles. The number of amides is 1. The maximum atomic E-state index is 12.0. The topological polar surface area (TPSA) is 38.7 Å². The summed E-state index contributed by atoms with van der Waals surface area (Å²) in [6.45, 7) is 0. The van der Waals surface area contributed by atoms with Gasteiger partial charge in [-0.15, -0.1) is 0 Å². The van der Waals surface area contributed by atoms with Crippen LogP contribution in [-0.2, 0) is 0 Å². The third kappa shape index (κ3) is 4.47. The molecule has 3 nitrogen and oxygen atoms in total. The Hall–Kier alpha value is -1.11. The van der Waals surface area contributed by atoms with E-state index >= 15 is 0 Å². The Balaban J connectivity index is 2.06. The van der Waals surface area contributed by atoms with Gasteiger partial charge in [0.2, 0.25) is 0 Å². The van der Waals surface area contributed by atoms with Gasteiger partial charge in [0.05, 0.1) is 0 Å². The Morgan fingerprint density at radius 2 is 1.75 bits per heavy atom. The maximum absolute atomic E-state index is 12.0. The van der Waals surface area contributed by atoms with Crippen molar-refractivity contribution >= 4 is 49.1 Å². The van der Waals surface area contributed by atoms with Crippen molar-refractivity contribution in [1.29, 1.82) is 0 Å². The van der Waals surface area contributed by atoms with Gasteiger partial charge in [-0.25, -0.2) is 0 Å². The summed E-state index contributed by atoms with van der Waals surface area (Å²) >= 11 is 2.30. The van der Waals surface area contributed by atoms with Gasteiger partial charge in [-0.1, -0.05) is 0 Å². The van der Waals surface area contributed by atoms with Crippen LogP contribution in [0.15, 0.2) is 59.6 Å². The quantitative estimate of drug-likeness (QED) is 0.528. The van der Waals surface area contributed by atoms with Crippen LogP contribution in [0, 0.1) is 0 Å². The first-order valence-corrected chi connectivity index (χ1v) is 9.05. The molecule has 0 spiro atoms. The van der Waals surface area contributed by atoms with Crippen molar-refractivity contribution in [3.8, 4) is 5.75 Å². The molecule has 0 saturated carbocycles. The predicted molar refractivity (Wildman–Crippen MR) is 82.3 cm³/mol. The summed E-state index contributed by atoms with van der Waals surface area (Å²) in [5.41, 5.74) is 0.569. The third-order valence-corrected chi connectivity index (χ3v) is 6.05. The normalized spacial score (nSPS) is 11.2. The minimum absolute atomic E-state index is 0.220. The van der Waals surface area contributed by atoms with Gasteiger partial charge in [0.25, 0.3) is 0 Å². The molecule has 0 fully saturated rings. The van der Waals surface area contributed by atoms with Crippen LogP contribution in [-0.4, -0.2) is 52.6 Å². The van der Waals surface area contributed by atoms with Crippen LogP contribution in [0.2, 0.25) is 0 Å². The van der Waals surface area contributed by atoms with Crippen LogP contribution in [0.4, 0.5) is 0 Å². The molecule has 0 heterocycles. The molecular weight excluding hydrogens is 433 g/mol. The average Bonchev–Trinajstić information content (AvgIpc) is 2.48. The number of benzene rings is 2. The van der Waals surface area contributed by atoms with Crippen LogP contribution in [0.3, 0.4) is 0 Å². The Morgan fingerprint density at radius 3 is 2.35 bits per heavy atom. The molecule has 0 aliphatic heterocycles. The van der Waals surface area contributed by atoms with Gasteiger partial charge in [-0.3, -0.25) is 0 Å². The molecule has 2 aromatic carbocycles. The zero-order valence-electron chi connectivity index (χ0n) is 10.8. The predicted octanol–water partition coefficient (Wildman–Crippen LogP) is 1.39. The molecule has 0 unspecified atom stereocenters. The Bertz CT molecular complexity index is 612. The van der Waals surface area contributed by atoms with Crippen LogP contribution in [0.25, 0.3) is 0 Å². The van der Waals surface area contributed by atoms with Gasteiger partial charge in [0.1, 0.15) is 0 Å². The van der Waals surface area contributed by atoms with E-state index in [1.165, 1.54) is 3.61 Å². The first kappa shape index (κ1) is 15.3. The number of carbonyl (C=O) groups excluding carboxylic acids is 1. The summed E-state index contributed by atoms with van der Waals surface area (Å²) in [4.78, 5) is 16.2. The number of methoxy groups -OCH3 is 1. The molecule has 2 rings (SSSR count). The SMILES string of the molecule is COc1ccc(C(=O)N=C([Se])[Te]c2ccccc2)cc1. The van der Waals surface area contributed by atoms with Crippen LogP contribution >= 0.6 is 0 Å². The van der Waals surface area contributed by atoms with E-state index in [0.717, 1.165) is 8.41 Å². The van der Waals surface area contributed by atoms with Crippen molar-refractivity contribution in [3.05, 3.63) is 60.2 Å². The first-order valence-electron chi connectivity index (χ1n) is 5.86. The number of hydrogen-bond donors (Lipinski definition) is 0. The summed E-state index contributed by atoms with van der Waals surface area (Å²) in [6, 6.07) is 17.1. The fourth-order valence-electron chi connectivity index (χ4n) is 1.49. The molecular formula is C15H12NO2SeTe. The number of hydrogen-bond acceptors (Lipinski definition) is 2. The zero-order chi connectivity index (χ0) is 14.4. The van der Waals surface area contributed by atoms with Gasteiger partial charge < -0.3 is 0 Å². The van der Waals surface area contributed by atoms with Gasteiger partial charge in [-0.05, 0) is 0 Å². The fraction of sp³-hybridized carbons (Fsp3) is 0.0667. The summed E-state index contributed by atoms with van der Waals surface area (Å²) in [6.07, 6.45) is 0. The van der Waals surface area contributed by atoms with Crippen molar-refractivity contribution in [1.82, 2.24) is 0 Å². The van der Waals surface area contributed by atoms with E-state index in [1.54, 1.807) is 31.4 Å². The van der Waals surface area contributed by atoms with Crippen LogP contribution in [0.5, 0.6) is 5.75 Å². The summed E-state index contributed by atoms with van der Waals surface area (Å²) in [5, 5.41) is 0. The number of carbonyl (C=O) groups is 1. The average molecular weight is 445 g/mol. The van der Waals surface area contributed by atoms with Gasteiger partial charge in [0, 0.05) is 0 Å². The molecule has 0 aromatic heterocycles. The van der Waals surface area contributed by atoms with Crippen molar-refractivity contribution in [2.75, 3.05) is 7.11 Å². The van der Waals surface area contributed by atoms with E-state index in [-0.39, 0.29) is 5.91 Å². The zero-order valence-corrected chi connectivity index (χ0v) is 14.8. The van der Waals surface area contributed by atoms with Crippen molar-refractivity contribution in [3.63, 3.8) is 0 Å². The van der Waals surface area contributed by atoms with Crippen molar-refractivity contribution in [2.24, 2.45) is 4.99 Å². The monoisotopic (exact) mass is 448 g/mol. The number of rotatable bonds is 4. The molecule has 20 heavy (non-hydrogen) atoms. The number of nitrogens with zero attached hydrogens (tertiary/aromatic N) is 1. The van der Waals surface area contributed by atoms with E-state index in [2.05, 4.69) is 33.1 Å². The summed E-state index contributed by atoms with van der Waals surface area (Å²) in [5.74, 6) is 0.509. The Labute approximate surface area is 136 Å². The standard InChI is InChI=1S/C15H12NO2SeTe/c1-18-12-9-7-11(8-10-12)14(17)16-15(19)20-13-5-3-2-4-6-13/h2-10H,1H3. The molecule has 101 valence electrons. The van der Waals surface area contributed by atoms with Crippen LogP contribution < -0.4 is 8.35 Å². The first-order chi connectivity index (χ1) is 9.69. The molecule has 2 aromatic rings. The van der Waals surface area contributed by atoms with Gasteiger partial charge in [-0.2, -0.15) is 0 Å². The van der Waals surface area contributed by atoms with Gasteiger partial charge >= 0.3 is 137 Å². The van der Waals surface area contributed by atoms with Crippen molar-refractivity contribution in [2.45, 2.75) is 0 Å². The minimum atomic E-state index is -0.613. The van der Waals surface area contributed by atoms with E-state index in [4.69, 9.17) is 4.74 Å². The molecule has 5 heteroatoms. The Kier molecular flexibility index (Phi) is 5.82. The van der Waals surface area contributed by atoms with Gasteiger partial charge in [0.15, 0.2) is 0 Å². The van der Waals surface area contributed by atoms with Crippen molar-refractivity contribution < 1.29 is 9.53 Å². The Morgan fingerprint density at radius 1 is 1.10 bits per heavy atom. The molecule has 0 bridgehead atoms. The fourth-order valence-corrected chi connectivity index (χ4v) is 4.80. The van der Waals surface area contributed by atoms with E-state index in [1.807, 2.05) is 18.2 Å². The molecule has 0 saturated heterocycles. The van der Waals surface area contributed by atoms with E-state index in [9.17, 15) is 4.79 Å². The second kappa shape index (κ2) is 7.61. The molecule has 1 radical (unpaired) electrons. The number of ether oxygens (including phenoxy) is 1. The molecule has 0 atom stereocenters. The van der Waals surface area contributed by atoms with E-state index < -0.39 is 20.9 Å². The summed E-state index contributed by atoms with van der Waals surface area (Å²) < 4.78 is 7.12. The molecule has 0 N–H and O–H groups in total. The third-order valence-electron chi connectivity index (χ3n) is 2.48. The second-order valence-corrected chi connectivity index (χ2v) is 9.48. The second-order valence-electron chi connectivity index (χ2n) is 3.83. The summed E-state index contributed by atoms with van der Waals surface area (Å²) in [7, 11) is 1.60. The molecule has 0 aliphatic rings. The van der Waals surface area contributed by atoms with Crippen LogP contribution in [0.1, 0.15) is 10.4 Å². The molecule has 1 amide bonds. The van der Waals surface area contributed by atoms with E-state index in [0.29, 0.717) is 5.56 Å².